The maximum atomic E-state index is 5.72. The van der Waals surface area contributed by atoms with E-state index >= 15 is 0 Å². The molecule has 146 valence electrons. The molecule has 0 bridgehead atoms. The fourth-order valence-corrected chi connectivity index (χ4v) is 2.85. The third kappa shape index (κ3) is 5.13. The van der Waals surface area contributed by atoms with E-state index in [1.54, 1.807) is 13.3 Å². The third-order valence-corrected chi connectivity index (χ3v) is 4.37. The van der Waals surface area contributed by atoms with E-state index in [4.69, 9.17) is 9.47 Å². The standard InChI is InChI=1S/C22H26N4O2/c1-4-17-7-5-6-16(2)21(17)26-22-24-13-12-20(25-22)23-14-15-28-19-10-8-18(27-3)9-11-19/h5-13H,4,14-15H2,1-3H3,(H2,23,24,25,26). The predicted molar refractivity (Wildman–Crippen MR) is 113 cm³/mol. The minimum Gasteiger partial charge on any atom is -0.497 e. The Labute approximate surface area is 166 Å². The number of benzene rings is 2. The Balaban J connectivity index is 1.55. The van der Waals surface area contributed by atoms with Crippen LogP contribution in [0, 0.1) is 6.92 Å². The zero-order valence-corrected chi connectivity index (χ0v) is 16.5. The van der Waals surface area contributed by atoms with Crippen LogP contribution in [0.15, 0.2) is 54.7 Å². The van der Waals surface area contributed by atoms with Gasteiger partial charge in [0, 0.05) is 11.9 Å². The van der Waals surface area contributed by atoms with Crippen molar-refractivity contribution in [1.82, 2.24) is 9.97 Å². The number of nitrogens with one attached hydrogen (secondary N) is 2. The van der Waals surface area contributed by atoms with Crippen LogP contribution in [0.3, 0.4) is 0 Å². The molecule has 0 aliphatic rings. The molecule has 2 aromatic carbocycles. The maximum absolute atomic E-state index is 5.72. The van der Waals surface area contributed by atoms with E-state index in [0.29, 0.717) is 19.1 Å². The minimum atomic E-state index is 0.525. The first-order valence-corrected chi connectivity index (χ1v) is 9.39. The summed E-state index contributed by atoms with van der Waals surface area (Å²) in [6.07, 6.45) is 2.69. The van der Waals surface area contributed by atoms with Gasteiger partial charge in [0.2, 0.25) is 5.95 Å². The van der Waals surface area contributed by atoms with Crippen LogP contribution in [0.1, 0.15) is 18.1 Å². The second-order valence-corrected chi connectivity index (χ2v) is 6.30. The van der Waals surface area contributed by atoms with E-state index in [1.807, 2.05) is 30.3 Å². The zero-order chi connectivity index (χ0) is 19.8. The summed E-state index contributed by atoms with van der Waals surface area (Å²) in [4.78, 5) is 8.88. The number of hydrogen-bond donors (Lipinski definition) is 2. The van der Waals surface area contributed by atoms with Gasteiger partial charge in [0.25, 0.3) is 0 Å². The second kappa shape index (κ2) is 9.60. The molecule has 6 heteroatoms. The van der Waals surface area contributed by atoms with Crippen molar-refractivity contribution in [3.8, 4) is 11.5 Å². The molecule has 0 amide bonds. The minimum absolute atomic E-state index is 0.525. The van der Waals surface area contributed by atoms with Crippen LogP contribution in [0.25, 0.3) is 0 Å². The van der Waals surface area contributed by atoms with Gasteiger partial charge in [-0.2, -0.15) is 4.98 Å². The molecule has 3 rings (SSSR count). The number of hydrogen-bond acceptors (Lipinski definition) is 6. The van der Waals surface area contributed by atoms with Crippen LogP contribution in [0.5, 0.6) is 11.5 Å². The Kier molecular flexibility index (Phi) is 6.68. The van der Waals surface area contributed by atoms with E-state index in [-0.39, 0.29) is 0 Å². The highest BCUT2D eigenvalue weighted by Gasteiger charge is 2.07. The molecule has 0 radical (unpaired) electrons. The molecule has 0 fully saturated rings. The lowest BCUT2D eigenvalue weighted by Crippen LogP contribution is -2.13. The van der Waals surface area contributed by atoms with Gasteiger partial charge in [0.15, 0.2) is 0 Å². The van der Waals surface area contributed by atoms with Crippen LogP contribution >= 0.6 is 0 Å². The molecule has 0 aliphatic carbocycles. The van der Waals surface area contributed by atoms with E-state index in [1.165, 1.54) is 11.1 Å². The largest absolute Gasteiger partial charge is 0.497 e. The second-order valence-electron chi connectivity index (χ2n) is 6.30. The summed E-state index contributed by atoms with van der Waals surface area (Å²) in [5, 5.41) is 6.62. The number of nitrogens with zero attached hydrogens (tertiary/aromatic N) is 2. The molecule has 0 aliphatic heterocycles. The lowest BCUT2D eigenvalue weighted by atomic mass is 10.1. The van der Waals surface area contributed by atoms with Gasteiger partial charge in [0.05, 0.1) is 13.7 Å². The van der Waals surface area contributed by atoms with Crippen LogP contribution in [0.2, 0.25) is 0 Å². The van der Waals surface area contributed by atoms with Crippen LogP contribution in [0.4, 0.5) is 17.5 Å². The summed E-state index contributed by atoms with van der Waals surface area (Å²) in [6.45, 7) is 5.38. The summed E-state index contributed by atoms with van der Waals surface area (Å²) in [7, 11) is 1.65. The van der Waals surface area contributed by atoms with Crippen LogP contribution in [-0.2, 0) is 6.42 Å². The Morgan fingerprint density at radius 2 is 1.79 bits per heavy atom. The summed E-state index contributed by atoms with van der Waals surface area (Å²) in [5.41, 5.74) is 3.49. The van der Waals surface area contributed by atoms with Gasteiger partial charge < -0.3 is 20.1 Å². The van der Waals surface area contributed by atoms with Crippen molar-refractivity contribution in [2.45, 2.75) is 20.3 Å². The van der Waals surface area contributed by atoms with Crippen LogP contribution in [-0.4, -0.2) is 30.2 Å². The molecule has 0 atom stereocenters. The fraction of sp³-hybridized carbons (Fsp3) is 0.273. The van der Waals surface area contributed by atoms with Gasteiger partial charge in [0.1, 0.15) is 23.9 Å². The van der Waals surface area contributed by atoms with Crippen molar-refractivity contribution in [3.63, 3.8) is 0 Å². The van der Waals surface area contributed by atoms with Crippen LogP contribution < -0.4 is 20.1 Å². The monoisotopic (exact) mass is 378 g/mol. The van der Waals surface area contributed by atoms with E-state index in [9.17, 15) is 0 Å². The summed E-state index contributed by atoms with van der Waals surface area (Å²) in [5.74, 6) is 2.94. The Hall–Kier alpha value is -3.28. The zero-order valence-electron chi connectivity index (χ0n) is 16.5. The number of anilines is 3. The van der Waals surface area contributed by atoms with Gasteiger partial charge in [-0.1, -0.05) is 25.1 Å². The average Bonchev–Trinajstić information content (AvgIpc) is 2.73. The Bertz CT molecular complexity index is 897. The first-order valence-electron chi connectivity index (χ1n) is 9.39. The summed E-state index contributed by atoms with van der Waals surface area (Å²) in [6, 6.07) is 15.6. The smallest absolute Gasteiger partial charge is 0.229 e. The number of ether oxygens (including phenoxy) is 2. The molecule has 28 heavy (non-hydrogen) atoms. The van der Waals surface area contributed by atoms with E-state index in [0.717, 1.165) is 29.4 Å². The lowest BCUT2D eigenvalue weighted by molar-refractivity contribution is 0.331. The van der Waals surface area contributed by atoms with Crippen molar-refractivity contribution in [2.24, 2.45) is 0 Å². The molecule has 6 nitrogen and oxygen atoms in total. The SMILES string of the molecule is CCc1cccc(C)c1Nc1nccc(NCCOc2ccc(OC)cc2)n1. The number of para-hydroxylation sites is 1. The van der Waals surface area contributed by atoms with Crippen molar-refractivity contribution >= 4 is 17.5 Å². The maximum Gasteiger partial charge on any atom is 0.229 e. The molecule has 0 saturated carbocycles. The predicted octanol–water partition coefficient (Wildman–Crippen LogP) is 4.59. The summed E-state index contributed by atoms with van der Waals surface area (Å²) < 4.78 is 10.9. The van der Waals surface area contributed by atoms with Crippen molar-refractivity contribution in [2.75, 3.05) is 30.9 Å². The Morgan fingerprint density at radius 1 is 1.00 bits per heavy atom. The molecule has 0 unspecified atom stereocenters. The number of aryl methyl sites for hydroxylation is 2. The highest BCUT2D eigenvalue weighted by atomic mass is 16.5. The van der Waals surface area contributed by atoms with Crippen molar-refractivity contribution in [1.29, 1.82) is 0 Å². The lowest BCUT2D eigenvalue weighted by Gasteiger charge is -2.13. The normalized spacial score (nSPS) is 10.4. The molecular weight excluding hydrogens is 352 g/mol. The average molecular weight is 378 g/mol. The molecule has 0 saturated heterocycles. The fourth-order valence-electron chi connectivity index (χ4n) is 2.85. The van der Waals surface area contributed by atoms with Gasteiger partial charge in [-0.25, -0.2) is 4.98 Å². The first kappa shape index (κ1) is 19.5. The molecule has 1 aromatic heterocycles. The molecule has 3 aromatic rings. The third-order valence-electron chi connectivity index (χ3n) is 4.37. The van der Waals surface area contributed by atoms with E-state index in [2.05, 4.69) is 52.6 Å². The Morgan fingerprint density at radius 3 is 2.54 bits per heavy atom. The molecule has 2 N–H and O–H groups in total. The topological polar surface area (TPSA) is 68.3 Å². The molecule has 0 spiro atoms. The van der Waals surface area contributed by atoms with Gasteiger partial charge in [-0.15, -0.1) is 0 Å². The summed E-state index contributed by atoms with van der Waals surface area (Å²) >= 11 is 0. The number of rotatable bonds is 9. The van der Waals surface area contributed by atoms with E-state index < -0.39 is 0 Å². The number of aromatic nitrogens is 2. The highest BCUT2D eigenvalue weighted by Crippen LogP contribution is 2.24. The van der Waals surface area contributed by atoms with Gasteiger partial charge in [-0.05, 0) is 54.8 Å². The molecule has 1 heterocycles. The first-order chi connectivity index (χ1) is 13.7. The van der Waals surface area contributed by atoms with Crippen molar-refractivity contribution in [3.05, 3.63) is 65.9 Å². The van der Waals surface area contributed by atoms with Gasteiger partial charge >= 0.3 is 0 Å². The van der Waals surface area contributed by atoms with Gasteiger partial charge in [-0.3, -0.25) is 0 Å². The quantitative estimate of drug-likeness (QED) is 0.531. The van der Waals surface area contributed by atoms with Crippen molar-refractivity contribution < 1.29 is 9.47 Å². The molecular formula is C22H26N4O2. The number of methoxy groups -OCH3 is 1. The highest BCUT2D eigenvalue weighted by molar-refractivity contribution is 5.63.